The molecule has 1 rings (SSSR count). The van der Waals surface area contributed by atoms with Gasteiger partial charge in [0.05, 0.1) is 0 Å². The average molecular weight is 122 g/mol. The van der Waals surface area contributed by atoms with Crippen molar-refractivity contribution >= 4 is 5.78 Å². The molecule has 0 fully saturated rings. The van der Waals surface area contributed by atoms with Crippen LogP contribution in [0.4, 0.5) is 0 Å². The number of carbonyl (C=O) groups excluding carboxylic acids is 1. The lowest BCUT2D eigenvalue weighted by Gasteiger charge is -2.05. The highest BCUT2D eigenvalue weighted by Crippen LogP contribution is 2.13. The first kappa shape index (κ1) is 6.27. The molecule has 0 heterocycles. The summed E-state index contributed by atoms with van der Waals surface area (Å²) < 4.78 is 0. The minimum Gasteiger partial charge on any atom is -0.294 e. The van der Waals surface area contributed by atoms with Crippen LogP contribution in [0.2, 0.25) is 0 Å². The maximum absolute atomic E-state index is 10.9. The first-order chi connectivity index (χ1) is 4.22. The van der Waals surface area contributed by atoms with Crippen molar-refractivity contribution < 1.29 is 4.79 Å². The molecule has 0 aromatic heterocycles. The van der Waals surface area contributed by atoms with E-state index in [4.69, 9.17) is 0 Å². The minimum absolute atomic E-state index is 0.259. The molecule has 0 aromatic carbocycles. The van der Waals surface area contributed by atoms with Gasteiger partial charge in [0.2, 0.25) is 0 Å². The Morgan fingerprint density at radius 2 is 2.11 bits per heavy atom. The Morgan fingerprint density at radius 1 is 1.44 bits per heavy atom. The standard InChI is InChI=1S/C8H10O/c1-6-4-3-5-8(9)7(6)2/h3-4H,5H2,1-2H3. The third-order valence-corrected chi connectivity index (χ3v) is 1.68. The zero-order chi connectivity index (χ0) is 6.85. The van der Waals surface area contributed by atoms with Crippen LogP contribution >= 0.6 is 0 Å². The summed E-state index contributed by atoms with van der Waals surface area (Å²) in [7, 11) is 0. The topological polar surface area (TPSA) is 17.1 Å². The van der Waals surface area contributed by atoms with Crippen molar-refractivity contribution in [3.63, 3.8) is 0 Å². The van der Waals surface area contributed by atoms with Crippen LogP contribution in [-0.2, 0) is 4.79 Å². The molecule has 0 N–H and O–H groups in total. The summed E-state index contributed by atoms with van der Waals surface area (Å²) in [5, 5.41) is 0. The molecule has 1 nitrogen and oxygen atoms in total. The average Bonchev–Trinajstić information content (AvgIpc) is 1.83. The Bertz CT molecular complexity index is 197. The van der Waals surface area contributed by atoms with Gasteiger partial charge in [-0.05, 0) is 25.0 Å². The molecule has 1 aliphatic rings. The molecule has 9 heavy (non-hydrogen) atoms. The molecule has 0 saturated carbocycles. The third kappa shape index (κ3) is 1.10. The molecule has 0 aromatic rings. The van der Waals surface area contributed by atoms with E-state index in [9.17, 15) is 4.79 Å². The van der Waals surface area contributed by atoms with Crippen LogP contribution in [0.3, 0.4) is 0 Å². The minimum atomic E-state index is 0.259. The van der Waals surface area contributed by atoms with Crippen molar-refractivity contribution in [3.05, 3.63) is 23.3 Å². The van der Waals surface area contributed by atoms with Gasteiger partial charge >= 0.3 is 0 Å². The van der Waals surface area contributed by atoms with E-state index in [1.54, 1.807) is 0 Å². The summed E-state index contributed by atoms with van der Waals surface area (Å²) in [6, 6.07) is 0. The van der Waals surface area contributed by atoms with Gasteiger partial charge < -0.3 is 0 Å². The van der Waals surface area contributed by atoms with Gasteiger partial charge in [0.25, 0.3) is 0 Å². The number of Topliss-reactive ketones (excluding diaryl/α,β-unsaturated/α-hetero) is 1. The normalized spacial score (nSPS) is 19.1. The van der Waals surface area contributed by atoms with Crippen LogP contribution in [0.5, 0.6) is 0 Å². The zero-order valence-electron chi connectivity index (χ0n) is 5.77. The van der Waals surface area contributed by atoms with E-state index in [-0.39, 0.29) is 5.78 Å². The number of allylic oxidation sites excluding steroid dienone is 4. The van der Waals surface area contributed by atoms with Crippen molar-refractivity contribution in [2.24, 2.45) is 0 Å². The van der Waals surface area contributed by atoms with E-state index >= 15 is 0 Å². The second kappa shape index (κ2) is 2.18. The van der Waals surface area contributed by atoms with Crippen molar-refractivity contribution in [2.75, 3.05) is 0 Å². The fourth-order valence-corrected chi connectivity index (χ4v) is 0.841. The monoisotopic (exact) mass is 122 g/mol. The Hall–Kier alpha value is -0.850. The predicted molar refractivity (Wildman–Crippen MR) is 37.1 cm³/mol. The second-order valence-corrected chi connectivity index (χ2v) is 2.34. The predicted octanol–water partition coefficient (Wildman–Crippen LogP) is 1.85. The Kier molecular flexibility index (Phi) is 1.52. The van der Waals surface area contributed by atoms with Gasteiger partial charge in [-0.3, -0.25) is 4.79 Å². The summed E-state index contributed by atoms with van der Waals surface area (Å²) in [6.45, 7) is 3.84. The lowest BCUT2D eigenvalue weighted by Crippen LogP contribution is -2.02. The largest absolute Gasteiger partial charge is 0.294 e. The van der Waals surface area contributed by atoms with Gasteiger partial charge in [-0.1, -0.05) is 12.2 Å². The van der Waals surface area contributed by atoms with Crippen molar-refractivity contribution in [3.8, 4) is 0 Å². The van der Waals surface area contributed by atoms with E-state index in [0.717, 1.165) is 11.1 Å². The third-order valence-electron chi connectivity index (χ3n) is 1.68. The van der Waals surface area contributed by atoms with Crippen molar-refractivity contribution in [2.45, 2.75) is 20.3 Å². The molecule has 1 aliphatic carbocycles. The summed E-state index contributed by atoms with van der Waals surface area (Å²) in [5.74, 6) is 0.259. The molecule has 48 valence electrons. The maximum atomic E-state index is 10.9. The quantitative estimate of drug-likeness (QED) is 0.479. The van der Waals surface area contributed by atoms with Gasteiger partial charge in [-0.25, -0.2) is 0 Å². The fraction of sp³-hybridized carbons (Fsp3) is 0.375. The summed E-state index contributed by atoms with van der Waals surface area (Å²) in [4.78, 5) is 10.9. The molecule has 0 saturated heterocycles. The summed E-state index contributed by atoms with van der Waals surface area (Å²) >= 11 is 0. The van der Waals surface area contributed by atoms with Crippen molar-refractivity contribution in [1.29, 1.82) is 0 Å². The Labute approximate surface area is 55.1 Å². The van der Waals surface area contributed by atoms with Gasteiger partial charge in [-0.15, -0.1) is 0 Å². The molecule has 0 unspecified atom stereocenters. The summed E-state index contributed by atoms with van der Waals surface area (Å²) in [6.07, 6.45) is 4.49. The van der Waals surface area contributed by atoms with E-state index in [0.29, 0.717) is 6.42 Å². The SMILES string of the molecule is CC1=C(C)C(=O)CC=C1. The van der Waals surface area contributed by atoms with Gasteiger partial charge in [0.15, 0.2) is 5.78 Å². The van der Waals surface area contributed by atoms with E-state index in [2.05, 4.69) is 0 Å². The lowest BCUT2D eigenvalue weighted by atomic mass is 9.99. The lowest BCUT2D eigenvalue weighted by molar-refractivity contribution is -0.114. The Morgan fingerprint density at radius 3 is 2.56 bits per heavy atom. The highest BCUT2D eigenvalue weighted by Gasteiger charge is 2.07. The number of ketones is 1. The molecule has 0 amide bonds. The van der Waals surface area contributed by atoms with Gasteiger partial charge in [-0.2, -0.15) is 0 Å². The highest BCUT2D eigenvalue weighted by molar-refractivity contribution is 5.97. The first-order valence-corrected chi connectivity index (χ1v) is 3.09. The van der Waals surface area contributed by atoms with Crippen LogP contribution in [0.15, 0.2) is 23.3 Å². The maximum Gasteiger partial charge on any atom is 0.162 e. The van der Waals surface area contributed by atoms with E-state index in [1.807, 2.05) is 26.0 Å². The van der Waals surface area contributed by atoms with E-state index in [1.165, 1.54) is 0 Å². The van der Waals surface area contributed by atoms with Crippen LogP contribution in [-0.4, -0.2) is 5.78 Å². The van der Waals surface area contributed by atoms with Gasteiger partial charge in [0, 0.05) is 6.42 Å². The molecule has 0 radical (unpaired) electrons. The molecule has 0 atom stereocenters. The van der Waals surface area contributed by atoms with Crippen LogP contribution in [0.1, 0.15) is 20.3 Å². The van der Waals surface area contributed by atoms with Crippen LogP contribution in [0.25, 0.3) is 0 Å². The smallest absolute Gasteiger partial charge is 0.162 e. The number of rotatable bonds is 0. The number of hydrogen-bond acceptors (Lipinski definition) is 1. The molecular weight excluding hydrogens is 112 g/mol. The first-order valence-electron chi connectivity index (χ1n) is 3.09. The van der Waals surface area contributed by atoms with E-state index < -0.39 is 0 Å². The number of carbonyl (C=O) groups is 1. The fourth-order valence-electron chi connectivity index (χ4n) is 0.841. The summed E-state index contributed by atoms with van der Waals surface area (Å²) in [5.41, 5.74) is 2.02. The molecule has 1 heteroatoms. The zero-order valence-corrected chi connectivity index (χ0v) is 5.77. The molecule has 0 aliphatic heterocycles. The van der Waals surface area contributed by atoms with Crippen molar-refractivity contribution in [1.82, 2.24) is 0 Å². The Balaban J connectivity index is 2.97. The molecular formula is C8H10O. The molecule has 0 bridgehead atoms. The molecule has 0 spiro atoms. The van der Waals surface area contributed by atoms with Crippen LogP contribution < -0.4 is 0 Å². The second-order valence-electron chi connectivity index (χ2n) is 2.34. The van der Waals surface area contributed by atoms with Crippen LogP contribution in [0, 0.1) is 0 Å². The number of hydrogen-bond donors (Lipinski definition) is 0. The van der Waals surface area contributed by atoms with Gasteiger partial charge in [0.1, 0.15) is 0 Å². The highest BCUT2D eigenvalue weighted by atomic mass is 16.1.